The van der Waals surface area contributed by atoms with Gasteiger partial charge in [0.25, 0.3) is 0 Å². The number of thiazole rings is 1. The van der Waals surface area contributed by atoms with Gasteiger partial charge in [0.2, 0.25) is 0 Å². The maximum absolute atomic E-state index is 4.52. The zero-order valence-electron chi connectivity index (χ0n) is 10.4. The molecule has 0 bridgehead atoms. The van der Waals surface area contributed by atoms with Crippen LogP contribution in [0.5, 0.6) is 0 Å². The quantitative estimate of drug-likeness (QED) is 0.719. The van der Waals surface area contributed by atoms with E-state index in [9.17, 15) is 0 Å². The largest absolute Gasteiger partial charge is 0.331 e. The summed E-state index contributed by atoms with van der Waals surface area (Å²) in [5.74, 6) is 0. The fourth-order valence-corrected chi connectivity index (χ4v) is 2.80. The molecule has 3 heteroatoms. The molecule has 1 N–H and O–H groups in total. The summed E-state index contributed by atoms with van der Waals surface area (Å²) in [6, 6.07) is 14.7. The number of benzene rings is 2. The number of aromatic nitrogens is 1. The van der Waals surface area contributed by atoms with Crippen molar-refractivity contribution < 1.29 is 0 Å². The van der Waals surface area contributed by atoms with Crippen LogP contribution in [0.1, 0.15) is 10.6 Å². The van der Waals surface area contributed by atoms with Gasteiger partial charge >= 0.3 is 0 Å². The lowest BCUT2D eigenvalue weighted by Crippen LogP contribution is -1.90. The molecule has 0 amide bonds. The van der Waals surface area contributed by atoms with Gasteiger partial charge in [0.15, 0.2) is 5.13 Å². The Morgan fingerprint density at radius 1 is 1.00 bits per heavy atom. The molecule has 0 atom stereocenters. The van der Waals surface area contributed by atoms with Crippen molar-refractivity contribution in [3.63, 3.8) is 0 Å². The average Bonchev–Trinajstić information content (AvgIpc) is 2.69. The van der Waals surface area contributed by atoms with Crippen LogP contribution in [-0.2, 0) is 0 Å². The lowest BCUT2D eigenvalue weighted by molar-refractivity contribution is 1.23. The Kier molecular flexibility index (Phi) is 2.76. The van der Waals surface area contributed by atoms with Crippen LogP contribution in [0.15, 0.2) is 42.5 Å². The summed E-state index contributed by atoms with van der Waals surface area (Å²) in [4.78, 5) is 5.78. The smallest absolute Gasteiger partial charge is 0.187 e. The van der Waals surface area contributed by atoms with E-state index in [2.05, 4.69) is 59.7 Å². The number of hydrogen-bond acceptors (Lipinski definition) is 3. The summed E-state index contributed by atoms with van der Waals surface area (Å²) >= 11 is 1.70. The summed E-state index contributed by atoms with van der Waals surface area (Å²) in [7, 11) is 0. The van der Waals surface area contributed by atoms with Crippen molar-refractivity contribution in [3.8, 4) is 0 Å². The maximum atomic E-state index is 4.52. The maximum Gasteiger partial charge on any atom is 0.187 e. The van der Waals surface area contributed by atoms with Gasteiger partial charge in [-0.1, -0.05) is 36.4 Å². The molecule has 0 saturated carbocycles. The van der Waals surface area contributed by atoms with Crippen molar-refractivity contribution >= 4 is 32.9 Å². The lowest BCUT2D eigenvalue weighted by atomic mass is 10.1. The summed E-state index contributed by atoms with van der Waals surface area (Å²) < 4.78 is 0. The van der Waals surface area contributed by atoms with E-state index in [-0.39, 0.29) is 0 Å². The van der Waals surface area contributed by atoms with Gasteiger partial charge in [-0.2, -0.15) is 0 Å². The molecule has 0 aliphatic rings. The first-order valence-electron chi connectivity index (χ1n) is 5.93. The van der Waals surface area contributed by atoms with Gasteiger partial charge in [-0.25, -0.2) is 4.98 Å². The van der Waals surface area contributed by atoms with Gasteiger partial charge in [-0.15, -0.1) is 11.3 Å². The SMILES string of the molecule is Cc1nc(Nc2cccc3ccccc23)sc1C. The molecule has 0 radical (unpaired) electrons. The van der Waals surface area contributed by atoms with Crippen LogP contribution in [0.3, 0.4) is 0 Å². The van der Waals surface area contributed by atoms with E-state index in [1.54, 1.807) is 11.3 Å². The second-order valence-electron chi connectivity index (χ2n) is 4.31. The van der Waals surface area contributed by atoms with Crippen molar-refractivity contribution in [2.75, 3.05) is 5.32 Å². The number of nitrogens with zero attached hydrogens (tertiary/aromatic N) is 1. The zero-order chi connectivity index (χ0) is 12.5. The molecule has 0 aliphatic heterocycles. The third-order valence-corrected chi connectivity index (χ3v) is 4.05. The third-order valence-electron chi connectivity index (χ3n) is 3.06. The monoisotopic (exact) mass is 254 g/mol. The summed E-state index contributed by atoms with van der Waals surface area (Å²) in [5.41, 5.74) is 2.21. The Morgan fingerprint density at radius 3 is 2.56 bits per heavy atom. The van der Waals surface area contributed by atoms with Gasteiger partial charge in [0.05, 0.1) is 5.69 Å². The predicted molar refractivity (Wildman–Crippen MR) is 78.8 cm³/mol. The number of anilines is 2. The van der Waals surface area contributed by atoms with Crippen molar-refractivity contribution in [3.05, 3.63) is 53.0 Å². The molecule has 18 heavy (non-hydrogen) atoms. The fourth-order valence-electron chi connectivity index (χ4n) is 1.98. The first-order chi connectivity index (χ1) is 8.74. The molecule has 0 unspecified atom stereocenters. The van der Waals surface area contributed by atoms with Gasteiger partial charge in [-0.3, -0.25) is 0 Å². The molecular formula is C15H14N2S. The second-order valence-corrected chi connectivity index (χ2v) is 5.52. The Hall–Kier alpha value is -1.87. The molecule has 3 aromatic rings. The highest BCUT2D eigenvalue weighted by Gasteiger charge is 2.05. The molecule has 2 nitrogen and oxygen atoms in total. The number of aryl methyl sites for hydroxylation is 2. The highest BCUT2D eigenvalue weighted by atomic mass is 32.1. The first kappa shape index (κ1) is 11.2. The van der Waals surface area contributed by atoms with Crippen LogP contribution in [0, 0.1) is 13.8 Å². The van der Waals surface area contributed by atoms with Gasteiger partial charge in [0.1, 0.15) is 0 Å². The van der Waals surface area contributed by atoms with E-state index < -0.39 is 0 Å². The molecular weight excluding hydrogens is 240 g/mol. The highest BCUT2D eigenvalue weighted by molar-refractivity contribution is 7.15. The van der Waals surface area contributed by atoms with E-state index >= 15 is 0 Å². The predicted octanol–water partition coefficient (Wildman–Crippen LogP) is 4.66. The minimum Gasteiger partial charge on any atom is -0.331 e. The molecule has 0 spiro atoms. The molecule has 3 rings (SSSR count). The molecule has 2 aromatic carbocycles. The van der Waals surface area contributed by atoms with Gasteiger partial charge in [0, 0.05) is 16.0 Å². The van der Waals surface area contributed by atoms with Crippen LogP contribution < -0.4 is 5.32 Å². The van der Waals surface area contributed by atoms with Crippen LogP contribution >= 0.6 is 11.3 Å². The molecule has 1 aromatic heterocycles. The van der Waals surface area contributed by atoms with Crippen LogP contribution in [0.4, 0.5) is 10.8 Å². The van der Waals surface area contributed by atoms with Gasteiger partial charge < -0.3 is 5.32 Å². The molecule has 0 aliphatic carbocycles. The van der Waals surface area contributed by atoms with Crippen LogP contribution in [0.2, 0.25) is 0 Å². The van der Waals surface area contributed by atoms with Crippen molar-refractivity contribution in [2.24, 2.45) is 0 Å². The fraction of sp³-hybridized carbons (Fsp3) is 0.133. The Balaban J connectivity index is 2.04. The van der Waals surface area contributed by atoms with E-state index in [0.717, 1.165) is 16.5 Å². The standard InChI is InChI=1S/C15H14N2S/c1-10-11(2)18-15(16-10)17-14-9-5-7-12-6-3-4-8-13(12)14/h3-9H,1-2H3,(H,16,17). The minimum atomic E-state index is 0.960. The van der Waals surface area contributed by atoms with E-state index in [1.165, 1.54) is 15.6 Å². The van der Waals surface area contributed by atoms with Crippen molar-refractivity contribution in [2.45, 2.75) is 13.8 Å². The topological polar surface area (TPSA) is 24.9 Å². The van der Waals surface area contributed by atoms with Crippen LogP contribution in [0.25, 0.3) is 10.8 Å². The Labute approximate surface area is 110 Å². The summed E-state index contributed by atoms with van der Waals surface area (Å²) in [5, 5.41) is 6.85. The van der Waals surface area contributed by atoms with E-state index in [4.69, 9.17) is 0 Å². The van der Waals surface area contributed by atoms with E-state index in [0.29, 0.717) is 0 Å². The second kappa shape index (κ2) is 4.42. The van der Waals surface area contributed by atoms with Crippen molar-refractivity contribution in [1.29, 1.82) is 0 Å². The average molecular weight is 254 g/mol. The van der Waals surface area contributed by atoms with Crippen molar-refractivity contribution in [1.82, 2.24) is 4.98 Å². The summed E-state index contributed by atoms with van der Waals surface area (Å²) in [6.07, 6.45) is 0. The number of fused-ring (bicyclic) bond motifs is 1. The number of rotatable bonds is 2. The number of nitrogens with one attached hydrogen (secondary N) is 1. The summed E-state index contributed by atoms with van der Waals surface area (Å²) in [6.45, 7) is 4.14. The first-order valence-corrected chi connectivity index (χ1v) is 6.74. The van der Waals surface area contributed by atoms with E-state index in [1.807, 2.05) is 6.92 Å². The molecule has 0 saturated heterocycles. The zero-order valence-corrected chi connectivity index (χ0v) is 11.2. The normalized spacial score (nSPS) is 10.8. The third kappa shape index (κ3) is 1.97. The van der Waals surface area contributed by atoms with Crippen LogP contribution in [-0.4, -0.2) is 4.98 Å². The highest BCUT2D eigenvalue weighted by Crippen LogP contribution is 2.29. The minimum absolute atomic E-state index is 0.960. The molecule has 0 fully saturated rings. The number of hydrogen-bond donors (Lipinski definition) is 1. The lowest BCUT2D eigenvalue weighted by Gasteiger charge is -2.06. The Morgan fingerprint density at radius 2 is 1.78 bits per heavy atom. The molecule has 1 heterocycles. The molecule has 90 valence electrons. The van der Waals surface area contributed by atoms with Gasteiger partial charge in [-0.05, 0) is 25.3 Å². The Bertz CT molecular complexity index is 676.